The van der Waals surface area contributed by atoms with Crippen molar-refractivity contribution < 1.29 is 13.3 Å². The molecule has 5 aromatic rings. The molecule has 0 aliphatic carbocycles. The van der Waals surface area contributed by atoms with E-state index < -0.39 is 8.80 Å². The molecule has 1 N–H and O–H groups in total. The molecule has 0 amide bonds. The Morgan fingerprint density at radius 3 is 1.87 bits per heavy atom. The molecule has 2 heterocycles. The summed E-state index contributed by atoms with van der Waals surface area (Å²) < 4.78 is 20.1. The summed E-state index contributed by atoms with van der Waals surface area (Å²) in [6, 6.07) is 24.8. The number of hydrogen-bond donors (Lipinski definition) is 1. The second kappa shape index (κ2) is 15.6. The standard InChI is InChI=1S/C38H50N2O3SSi/c1-7-11-12-13-14-15-16-31-26-37(45(41-8-2,42-9-3)43-10-4)44-38(31)29-19-17-28(18-20-29)30-21-23-35-33(25-30)34-27-32(40(5)6)22-24-36(34)39-35/h17-27,39H,7-16H2,1-6H3. The Morgan fingerprint density at radius 1 is 0.644 bits per heavy atom. The summed E-state index contributed by atoms with van der Waals surface area (Å²) >= 11 is 1.80. The van der Waals surface area contributed by atoms with Crippen LogP contribution in [-0.4, -0.2) is 47.7 Å². The molecule has 0 radical (unpaired) electrons. The van der Waals surface area contributed by atoms with E-state index in [1.165, 1.54) is 87.6 Å². The fraction of sp³-hybridized carbons (Fsp3) is 0.421. The van der Waals surface area contributed by atoms with Crippen LogP contribution in [0.1, 0.15) is 71.8 Å². The maximum atomic E-state index is 6.33. The van der Waals surface area contributed by atoms with Crippen LogP contribution in [0.4, 0.5) is 5.69 Å². The van der Waals surface area contributed by atoms with Gasteiger partial charge in [0.2, 0.25) is 0 Å². The van der Waals surface area contributed by atoms with E-state index in [0.29, 0.717) is 19.8 Å². The number of hydrogen-bond acceptors (Lipinski definition) is 5. The number of aromatic nitrogens is 1. The minimum Gasteiger partial charge on any atom is -0.378 e. The molecule has 0 bridgehead atoms. The summed E-state index contributed by atoms with van der Waals surface area (Å²) in [5.41, 5.74) is 8.60. The first-order valence-corrected chi connectivity index (χ1v) is 19.4. The van der Waals surface area contributed by atoms with Crippen molar-refractivity contribution in [1.29, 1.82) is 0 Å². The molecule has 240 valence electrons. The first kappa shape index (κ1) is 33.4. The highest BCUT2D eigenvalue weighted by Gasteiger charge is 2.45. The number of rotatable bonds is 17. The molecule has 0 aliphatic heterocycles. The van der Waals surface area contributed by atoms with E-state index in [9.17, 15) is 0 Å². The fourth-order valence-corrected chi connectivity index (χ4v) is 10.6. The normalized spacial score (nSPS) is 12.0. The average molecular weight is 643 g/mol. The first-order chi connectivity index (χ1) is 21.9. The third-order valence-corrected chi connectivity index (χ3v) is 13.3. The van der Waals surface area contributed by atoms with E-state index >= 15 is 0 Å². The highest BCUT2D eigenvalue weighted by Crippen LogP contribution is 2.36. The number of nitrogens with zero attached hydrogens (tertiary/aromatic N) is 1. The van der Waals surface area contributed by atoms with Crippen molar-refractivity contribution >= 4 is 52.1 Å². The van der Waals surface area contributed by atoms with Gasteiger partial charge in [0.1, 0.15) is 0 Å². The quantitative estimate of drug-likeness (QED) is 0.0810. The summed E-state index contributed by atoms with van der Waals surface area (Å²) in [6.07, 6.45) is 8.76. The number of unbranched alkanes of at least 4 members (excludes halogenated alkanes) is 5. The zero-order chi connectivity index (χ0) is 31.8. The van der Waals surface area contributed by atoms with E-state index in [0.717, 1.165) is 16.4 Å². The van der Waals surface area contributed by atoms with Gasteiger partial charge in [-0.2, -0.15) is 0 Å². The number of nitrogens with one attached hydrogen (secondary N) is 1. The lowest BCUT2D eigenvalue weighted by atomic mass is 9.99. The maximum Gasteiger partial charge on any atom is 0.547 e. The van der Waals surface area contributed by atoms with Crippen LogP contribution in [0.15, 0.2) is 66.7 Å². The SMILES string of the molecule is CCCCCCCCc1cc([Si](OCC)(OCC)OCC)sc1-c1ccc(-c2ccc3[nH]c4ccc(N(C)C)cc4c3c2)cc1. The Balaban J connectivity index is 1.47. The Hall–Kier alpha value is -2.94. The molecule has 5 rings (SSSR count). The van der Waals surface area contributed by atoms with Gasteiger partial charge in [-0.05, 0) is 92.3 Å². The molecular weight excluding hydrogens is 593 g/mol. The Morgan fingerprint density at radius 2 is 1.22 bits per heavy atom. The van der Waals surface area contributed by atoms with Crippen molar-refractivity contribution in [2.24, 2.45) is 0 Å². The van der Waals surface area contributed by atoms with E-state index in [1.807, 2.05) is 20.8 Å². The van der Waals surface area contributed by atoms with Gasteiger partial charge in [0, 0.05) is 66.3 Å². The molecule has 45 heavy (non-hydrogen) atoms. The number of fused-ring (bicyclic) bond motifs is 3. The fourth-order valence-electron chi connectivity index (χ4n) is 6.17. The number of H-pyrrole nitrogens is 1. The third-order valence-electron chi connectivity index (χ3n) is 8.49. The van der Waals surface area contributed by atoms with Gasteiger partial charge in [-0.3, -0.25) is 0 Å². The second-order valence-electron chi connectivity index (χ2n) is 11.9. The zero-order valence-electron chi connectivity index (χ0n) is 28.0. The number of aromatic amines is 1. The summed E-state index contributed by atoms with van der Waals surface area (Å²) in [5.74, 6) is 0. The molecule has 0 saturated carbocycles. The van der Waals surface area contributed by atoms with Crippen LogP contribution in [0, 0.1) is 0 Å². The molecule has 0 saturated heterocycles. The predicted octanol–water partition coefficient (Wildman–Crippen LogP) is 9.94. The second-order valence-corrected chi connectivity index (χ2v) is 15.9. The summed E-state index contributed by atoms with van der Waals surface area (Å²) in [7, 11) is 1.19. The third kappa shape index (κ3) is 7.55. The molecule has 2 aromatic heterocycles. The van der Waals surface area contributed by atoms with Gasteiger partial charge in [-0.25, -0.2) is 0 Å². The van der Waals surface area contributed by atoms with Crippen LogP contribution >= 0.6 is 11.3 Å². The van der Waals surface area contributed by atoms with Crippen LogP contribution in [0.3, 0.4) is 0 Å². The smallest absolute Gasteiger partial charge is 0.378 e. The van der Waals surface area contributed by atoms with Gasteiger partial charge in [-0.1, -0.05) is 69.4 Å². The molecule has 5 nitrogen and oxygen atoms in total. The molecule has 3 aromatic carbocycles. The van der Waals surface area contributed by atoms with E-state index in [-0.39, 0.29) is 0 Å². The van der Waals surface area contributed by atoms with Crippen LogP contribution in [-0.2, 0) is 19.7 Å². The van der Waals surface area contributed by atoms with Crippen molar-refractivity contribution in [2.75, 3.05) is 38.8 Å². The monoisotopic (exact) mass is 642 g/mol. The molecule has 0 fully saturated rings. The summed E-state index contributed by atoms with van der Waals surface area (Å²) in [4.78, 5) is 7.05. The highest BCUT2D eigenvalue weighted by atomic mass is 32.1. The van der Waals surface area contributed by atoms with E-state index in [2.05, 4.69) is 97.6 Å². The summed E-state index contributed by atoms with van der Waals surface area (Å²) in [5, 5.41) is 2.51. The first-order valence-electron chi connectivity index (χ1n) is 16.8. The molecule has 0 aliphatic rings. The Kier molecular flexibility index (Phi) is 11.6. The largest absolute Gasteiger partial charge is 0.547 e. The number of thiophene rings is 1. The maximum absolute atomic E-state index is 6.33. The van der Waals surface area contributed by atoms with Crippen molar-refractivity contribution in [3.63, 3.8) is 0 Å². The lowest BCUT2D eigenvalue weighted by Crippen LogP contribution is -2.55. The van der Waals surface area contributed by atoms with Gasteiger partial charge in [0.25, 0.3) is 0 Å². The predicted molar refractivity (Wildman–Crippen MR) is 196 cm³/mol. The molecule has 7 heteroatoms. The lowest BCUT2D eigenvalue weighted by molar-refractivity contribution is 0.0866. The minimum absolute atomic E-state index is 0.568. The molecule has 0 unspecified atom stereocenters. The van der Waals surface area contributed by atoms with Gasteiger partial charge in [-0.15, -0.1) is 11.3 Å². The van der Waals surface area contributed by atoms with Gasteiger partial charge >= 0.3 is 8.80 Å². The van der Waals surface area contributed by atoms with E-state index in [4.69, 9.17) is 13.3 Å². The Labute approximate surface area is 274 Å². The van der Waals surface area contributed by atoms with Crippen LogP contribution in [0.2, 0.25) is 0 Å². The lowest BCUT2D eigenvalue weighted by Gasteiger charge is -2.27. The van der Waals surface area contributed by atoms with Crippen LogP contribution in [0.25, 0.3) is 43.4 Å². The molecule has 0 atom stereocenters. The van der Waals surface area contributed by atoms with Crippen molar-refractivity contribution in [2.45, 2.75) is 72.6 Å². The molecular formula is C38H50N2O3SSi. The number of benzene rings is 3. The average Bonchev–Trinajstić information content (AvgIpc) is 3.64. The van der Waals surface area contributed by atoms with E-state index in [1.54, 1.807) is 11.3 Å². The zero-order valence-corrected chi connectivity index (χ0v) is 29.8. The van der Waals surface area contributed by atoms with Crippen molar-refractivity contribution in [3.05, 3.63) is 72.3 Å². The number of anilines is 1. The Bertz CT molecular complexity index is 1660. The van der Waals surface area contributed by atoms with Crippen LogP contribution in [0.5, 0.6) is 0 Å². The van der Waals surface area contributed by atoms with Crippen molar-refractivity contribution in [3.8, 4) is 21.6 Å². The molecule has 0 spiro atoms. The van der Waals surface area contributed by atoms with Crippen molar-refractivity contribution in [1.82, 2.24) is 4.98 Å². The topological polar surface area (TPSA) is 46.7 Å². The highest BCUT2D eigenvalue weighted by molar-refractivity contribution is 7.27. The van der Waals surface area contributed by atoms with Gasteiger partial charge < -0.3 is 23.2 Å². The van der Waals surface area contributed by atoms with Gasteiger partial charge in [0.15, 0.2) is 0 Å². The minimum atomic E-state index is -2.98. The van der Waals surface area contributed by atoms with Gasteiger partial charge in [0.05, 0.1) is 4.50 Å². The number of aryl methyl sites for hydroxylation is 1. The summed E-state index contributed by atoms with van der Waals surface area (Å²) in [6.45, 7) is 10.1. The van der Waals surface area contributed by atoms with Crippen LogP contribution < -0.4 is 9.40 Å².